The predicted molar refractivity (Wildman–Crippen MR) is 55.7 cm³/mol. The third kappa shape index (κ3) is 2.24. The average molecular weight is 206 g/mol. The second-order valence-corrected chi connectivity index (χ2v) is 3.36. The molecule has 1 N–H and O–H groups in total. The minimum atomic E-state index is 0.510. The van der Waals surface area contributed by atoms with Gasteiger partial charge in [-0.05, 0) is 19.0 Å². The van der Waals surface area contributed by atoms with Crippen molar-refractivity contribution in [3.05, 3.63) is 29.9 Å². The number of nitrogens with one attached hydrogen (secondary N) is 1. The highest BCUT2D eigenvalue weighted by atomic mass is 16.4. The van der Waals surface area contributed by atoms with E-state index in [1.54, 1.807) is 17.1 Å². The first-order valence-electron chi connectivity index (χ1n) is 4.96. The Kier molecular flexibility index (Phi) is 2.82. The van der Waals surface area contributed by atoms with Gasteiger partial charge in [-0.1, -0.05) is 6.92 Å². The van der Waals surface area contributed by atoms with E-state index in [2.05, 4.69) is 22.3 Å². The normalized spacial score (nSPS) is 10.8. The smallest absolute Gasteiger partial charge is 0.322 e. The lowest BCUT2D eigenvalue weighted by Crippen LogP contribution is -2.12. The van der Waals surface area contributed by atoms with Crippen LogP contribution in [0.25, 0.3) is 6.01 Å². The maximum atomic E-state index is 5.31. The fraction of sp³-hybridized carbons (Fsp3) is 0.400. The molecule has 0 radical (unpaired) electrons. The highest BCUT2D eigenvalue weighted by molar-refractivity contribution is 5.12. The lowest BCUT2D eigenvalue weighted by Gasteiger charge is -1.94. The Bertz CT molecular complexity index is 432. The second kappa shape index (κ2) is 4.27. The Morgan fingerprint density at radius 2 is 2.40 bits per heavy atom. The lowest BCUT2D eigenvalue weighted by molar-refractivity contribution is 0.509. The molecule has 2 heterocycles. The molecule has 80 valence electrons. The Hall–Kier alpha value is -1.62. The summed E-state index contributed by atoms with van der Waals surface area (Å²) in [6, 6.07) is 0.510. The summed E-state index contributed by atoms with van der Waals surface area (Å²) in [4.78, 5) is 4.30. The molecule has 5 nitrogen and oxygen atoms in total. The first-order chi connectivity index (χ1) is 7.29. The van der Waals surface area contributed by atoms with Crippen LogP contribution in [0, 0.1) is 6.92 Å². The molecule has 0 aliphatic heterocycles. The zero-order valence-electron chi connectivity index (χ0n) is 8.90. The monoisotopic (exact) mass is 206 g/mol. The van der Waals surface area contributed by atoms with Crippen LogP contribution in [-0.2, 0) is 6.54 Å². The summed E-state index contributed by atoms with van der Waals surface area (Å²) in [5.41, 5.74) is 1.97. The Morgan fingerprint density at radius 1 is 1.53 bits per heavy atom. The van der Waals surface area contributed by atoms with Gasteiger partial charge >= 0.3 is 6.01 Å². The van der Waals surface area contributed by atoms with E-state index in [0.29, 0.717) is 6.01 Å². The molecular weight excluding hydrogens is 192 g/mol. The van der Waals surface area contributed by atoms with Crippen LogP contribution >= 0.6 is 0 Å². The maximum absolute atomic E-state index is 5.31. The lowest BCUT2D eigenvalue weighted by atomic mass is 10.4. The van der Waals surface area contributed by atoms with Gasteiger partial charge in [0.15, 0.2) is 0 Å². The summed E-state index contributed by atoms with van der Waals surface area (Å²) in [6.45, 7) is 5.67. The van der Waals surface area contributed by atoms with Gasteiger partial charge in [-0.25, -0.2) is 0 Å². The van der Waals surface area contributed by atoms with Gasteiger partial charge in [-0.3, -0.25) is 0 Å². The van der Waals surface area contributed by atoms with Crippen molar-refractivity contribution in [2.75, 3.05) is 6.54 Å². The molecule has 0 unspecified atom stereocenters. The highest BCUT2D eigenvalue weighted by Crippen LogP contribution is 2.07. The average Bonchev–Trinajstić information content (AvgIpc) is 2.83. The SMILES string of the molecule is CCNCc1coc(-n2cc(C)cn2)n1. The van der Waals surface area contributed by atoms with Gasteiger partial charge in [0.1, 0.15) is 6.26 Å². The van der Waals surface area contributed by atoms with E-state index < -0.39 is 0 Å². The molecule has 2 rings (SSSR count). The largest absolute Gasteiger partial charge is 0.430 e. The van der Waals surface area contributed by atoms with Crippen molar-refractivity contribution in [3.63, 3.8) is 0 Å². The summed E-state index contributed by atoms with van der Waals surface area (Å²) in [6.07, 6.45) is 5.30. The van der Waals surface area contributed by atoms with Crippen LogP contribution in [-0.4, -0.2) is 21.3 Å². The van der Waals surface area contributed by atoms with Gasteiger partial charge in [0.2, 0.25) is 0 Å². The first kappa shape index (κ1) is 9.92. The van der Waals surface area contributed by atoms with Crippen LogP contribution in [0.2, 0.25) is 0 Å². The summed E-state index contributed by atoms with van der Waals surface area (Å²) in [5, 5.41) is 7.30. The molecule has 15 heavy (non-hydrogen) atoms. The molecule has 2 aromatic heterocycles. The van der Waals surface area contributed by atoms with Crippen LogP contribution in [0.15, 0.2) is 23.1 Å². The predicted octanol–water partition coefficient (Wildman–Crippen LogP) is 1.28. The zero-order valence-corrected chi connectivity index (χ0v) is 8.90. The quantitative estimate of drug-likeness (QED) is 0.818. The molecule has 0 amide bonds. The molecule has 0 aliphatic rings. The van der Waals surface area contributed by atoms with E-state index in [9.17, 15) is 0 Å². The fourth-order valence-corrected chi connectivity index (χ4v) is 1.25. The number of hydrogen-bond donors (Lipinski definition) is 1. The van der Waals surface area contributed by atoms with Crippen LogP contribution in [0.4, 0.5) is 0 Å². The summed E-state index contributed by atoms with van der Waals surface area (Å²) >= 11 is 0. The van der Waals surface area contributed by atoms with Crippen molar-refractivity contribution in [2.24, 2.45) is 0 Å². The summed E-state index contributed by atoms with van der Waals surface area (Å²) in [7, 11) is 0. The summed E-state index contributed by atoms with van der Waals surface area (Å²) < 4.78 is 6.94. The Labute approximate surface area is 88.1 Å². The maximum Gasteiger partial charge on any atom is 0.322 e. The van der Waals surface area contributed by atoms with Crippen LogP contribution < -0.4 is 5.32 Å². The molecule has 0 aromatic carbocycles. The third-order valence-electron chi connectivity index (χ3n) is 2.00. The van der Waals surface area contributed by atoms with Crippen molar-refractivity contribution < 1.29 is 4.42 Å². The molecule has 0 atom stereocenters. The van der Waals surface area contributed by atoms with Crippen molar-refractivity contribution in [2.45, 2.75) is 20.4 Å². The first-order valence-corrected chi connectivity index (χ1v) is 4.96. The molecule has 0 fully saturated rings. The molecule has 0 saturated carbocycles. The van der Waals surface area contributed by atoms with E-state index in [1.165, 1.54) is 0 Å². The highest BCUT2D eigenvalue weighted by Gasteiger charge is 2.06. The molecule has 0 bridgehead atoms. The second-order valence-electron chi connectivity index (χ2n) is 3.36. The molecule has 0 aliphatic carbocycles. The van der Waals surface area contributed by atoms with Gasteiger partial charge in [-0.15, -0.1) is 0 Å². The van der Waals surface area contributed by atoms with Gasteiger partial charge in [0.25, 0.3) is 0 Å². The number of rotatable bonds is 4. The van der Waals surface area contributed by atoms with Crippen molar-refractivity contribution in [3.8, 4) is 6.01 Å². The van der Waals surface area contributed by atoms with Crippen molar-refractivity contribution in [1.82, 2.24) is 20.1 Å². The van der Waals surface area contributed by atoms with Crippen molar-refractivity contribution >= 4 is 0 Å². The molecule has 0 spiro atoms. The van der Waals surface area contributed by atoms with Gasteiger partial charge in [-0.2, -0.15) is 14.8 Å². The molecule has 5 heteroatoms. The molecule has 2 aromatic rings. The summed E-state index contributed by atoms with van der Waals surface area (Å²) in [5.74, 6) is 0. The number of aryl methyl sites for hydroxylation is 1. The van der Waals surface area contributed by atoms with Crippen LogP contribution in [0.5, 0.6) is 0 Å². The van der Waals surface area contributed by atoms with Gasteiger partial charge in [0, 0.05) is 12.7 Å². The van der Waals surface area contributed by atoms with E-state index in [-0.39, 0.29) is 0 Å². The van der Waals surface area contributed by atoms with Crippen LogP contribution in [0.3, 0.4) is 0 Å². The topological polar surface area (TPSA) is 55.9 Å². The van der Waals surface area contributed by atoms with Crippen LogP contribution in [0.1, 0.15) is 18.2 Å². The third-order valence-corrected chi connectivity index (χ3v) is 2.00. The van der Waals surface area contributed by atoms with E-state index in [4.69, 9.17) is 4.42 Å². The number of aromatic nitrogens is 3. The zero-order chi connectivity index (χ0) is 10.7. The minimum absolute atomic E-state index is 0.510. The Morgan fingerprint density at radius 3 is 3.07 bits per heavy atom. The standard InChI is InChI=1S/C10H14N4O/c1-3-11-5-9-7-15-10(13-9)14-6-8(2)4-12-14/h4,6-7,11H,3,5H2,1-2H3. The van der Waals surface area contributed by atoms with Crippen molar-refractivity contribution in [1.29, 1.82) is 0 Å². The van der Waals surface area contributed by atoms with E-state index in [0.717, 1.165) is 24.3 Å². The molecule has 0 saturated heterocycles. The number of oxazole rings is 1. The molecular formula is C10H14N4O. The fourth-order valence-electron chi connectivity index (χ4n) is 1.25. The Balaban J connectivity index is 2.13. The van der Waals surface area contributed by atoms with Gasteiger partial charge < -0.3 is 9.73 Å². The number of hydrogen-bond acceptors (Lipinski definition) is 4. The van der Waals surface area contributed by atoms with E-state index in [1.807, 2.05) is 13.1 Å². The minimum Gasteiger partial charge on any atom is -0.430 e. The van der Waals surface area contributed by atoms with Gasteiger partial charge in [0.05, 0.1) is 11.9 Å². The van der Waals surface area contributed by atoms with E-state index >= 15 is 0 Å². The number of nitrogens with zero attached hydrogens (tertiary/aromatic N) is 3.